The van der Waals surface area contributed by atoms with Crippen molar-refractivity contribution >= 4 is 0 Å². The molecule has 1 N–H and O–H groups in total. The van der Waals surface area contributed by atoms with Gasteiger partial charge in [0.2, 0.25) is 0 Å². The van der Waals surface area contributed by atoms with Gasteiger partial charge in [-0.3, -0.25) is 0 Å². The van der Waals surface area contributed by atoms with E-state index in [1.807, 2.05) is 0 Å². The molecular formula is C16H22N2O. The van der Waals surface area contributed by atoms with Crippen molar-refractivity contribution in [1.82, 2.24) is 5.32 Å². The minimum Gasteiger partial charge on any atom is -0.496 e. The van der Waals surface area contributed by atoms with Crippen LogP contribution in [0.4, 0.5) is 0 Å². The molecule has 0 saturated heterocycles. The Morgan fingerprint density at radius 3 is 2.89 bits per heavy atom. The highest BCUT2D eigenvalue weighted by molar-refractivity contribution is 5.39. The second kappa shape index (κ2) is 6.08. The van der Waals surface area contributed by atoms with E-state index in [1.165, 1.54) is 5.56 Å². The smallest absolute Gasteiger partial charge is 0.123 e. The van der Waals surface area contributed by atoms with Gasteiger partial charge in [0.1, 0.15) is 5.75 Å². The summed E-state index contributed by atoms with van der Waals surface area (Å²) in [4.78, 5) is 0. The molecule has 0 heterocycles. The van der Waals surface area contributed by atoms with Gasteiger partial charge in [0, 0.05) is 17.6 Å². The van der Waals surface area contributed by atoms with E-state index < -0.39 is 0 Å². The van der Waals surface area contributed by atoms with E-state index in [0.717, 1.165) is 30.6 Å². The summed E-state index contributed by atoms with van der Waals surface area (Å²) in [6.45, 7) is 4.20. The summed E-state index contributed by atoms with van der Waals surface area (Å²) < 4.78 is 5.46. The maximum Gasteiger partial charge on any atom is 0.123 e. The Kier molecular flexibility index (Phi) is 4.44. The van der Waals surface area contributed by atoms with Crippen LogP contribution in [0.3, 0.4) is 0 Å². The molecule has 1 aliphatic carbocycles. The lowest BCUT2D eigenvalue weighted by Crippen LogP contribution is -2.34. The summed E-state index contributed by atoms with van der Waals surface area (Å²) in [7, 11) is 1.71. The van der Waals surface area contributed by atoms with Crippen LogP contribution < -0.4 is 10.1 Å². The maximum atomic E-state index is 9.14. The summed E-state index contributed by atoms with van der Waals surface area (Å²) in [6, 6.07) is 9.21. The average molecular weight is 258 g/mol. The molecule has 1 aromatic carbocycles. The van der Waals surface area contributed by atoms with Crippen molar-refractivity contribution in [2.45, 2.75) is 45.2 Å². The van der Waals surface area contributed by atoms with Gasteiger partial charge in [-0.15, -0.1) is 0 Å². The number of nitriles is 1. The predicted octanol–water partition coefficient (Wildman–Crippen LogP) is 3.35. The molecule has 1 aliphatic rings. The molecule has 0 spiro atoms. The van der Waals surface area contributed by atoms with Crippen LogP contribution in [0.1, 0.15) is 43.4 Å². The third-order valence-corrected chi connectivity index (χ3v) is 4.00. The lowest BCUT2D eigenvalue weighted by Gasteiger charge is -2.23. The number of benzene rings is 1. The minimum atomic E-state index is 0.152. The molecule has 1 fully saturated rings. The van der Waals surface area contributed by atoms with Crippen molar-refractivity contribution in [2.24, 2.45) is 5.92 Å². The van der Waals surface area contributed by atoms with Crippen molar-refractivity contribution < 1.29 is 4.74 Å². The zero-order valence-corrected chi connectivity index (χ0v) is 11.9. The standard InChI is InChI=1S/C16H22N2O/c1-11-7-8-14(16(9-11)19-3)12(2)18-15-6-4-5-13(15)10-17/h7-9,12-13,15,18H,4-6H2,1-3H3. The van der Waals surface area contributed by atoms with Gasteiger partial charge in [-0.05, 0) is 38.3 Å². The normalized spacial score (nSPS) is 23.9. The Balaban J connectivity index is 2.12. The Labute approximate surface area is 115 Å². The largest absolute Gasteiger partial charge is 0.496 e. The molecule has 0 aliphatic heterocycles. The molecule has 19 heavy (non-hydrogen) atoms. The number of hydrogen-bond acceptors (Lipinski definition) is 3. The van der Waals surface area contributed by atoms with E-state index in [4.69, 9.17) is 10.00 Å². The fourth-order valence-electron chi connectivity index (χ4n) is 2.90. The molecule has 2 rings (SSSR count). The number of rotatable bonds is 4. The zero-order chi connectivity index (χ0) is 13.8. The molecule has 0 radical (unpaired) electrons. The first-order chi connectivity index (χ1) is 9.15. The van der Waals surface area contributed by atoms with E-state index in [9.17, 15) is 0 Å². The summed E-state index contributed by atoms with van der Waals surface area (Å²) in [6.07, 6.45) is 3.26. The highest BCUT2D eigenvalue weighted by atomic mass is 16.5. The van der Waals surface area contributed by atoms with Crippen molar-refractivity contribution in [1.29, 1.82) is 5.26 Å². The van der Waals surface area contributed by atoms with Crippen LogP contribution in [0.2, 0.25) is 0 Å². The van der Waals surface area contributed by atoms with Crippen LogP contribution in [-0.2, 0) is 0 Å². The minimum absolute atomic E-state index is 0.152. The second-order valence-electron chi connectivity index (χ2n) is 5.41. The lowest BCUT2D eigenvalue weighted by atomic mass is 10.0. The van der Waals surface area contributed by atoms with E-state index >= 15 is 0 Å². The Bertz CT molecular complexity index is 478. The number of methoxy groups -OCH3 is 1. The van der Waals surface area contributed by atoms with Crippen LogP contribution in [-0.4, -0.2) is 13.2 Å². The molecule has 3 atom stereocenters. The monoisotopic (exact) mass is 258 g/mol. The third-order valence-electron chi connectivity index (χ3n) is 4.00. The van der Waals surface area contributed by atoms with Crippen LogP contribution >= 0.6 is 0 Å². The van der Waals surface area contributed by atoms with E-state index in [1.54, 1.807) is 7.11 Å². The Hall–Kier alpha value is -1.53. The zero-order valence-electron chi connectivity index (χ0n) is 11.9. The first-order valence-corrected chi connectivity index (χ1v) is 6.96. The van der Waals surface area contributed by atoms with Crippen molar-refractivity contribution in [3.05, 3.63) is 29.3 Å². The first-order valence-electron chi connectivity index (χ1n) is 6.96. The van der Waals surface area contributed by atoms with Crippen molar-refractivity contribution in [2.75, 3.05) is 7.11 Å². The molecule has 0 amide bonds. The Morgan fingerprint density at radius 1 is 1.42 bits per heavy atom. The van der Waals surface area contributed by atoms with Gasteiger partial charge in [-0.1, -0.05) is 18.6 Å². The summed E-state index contributed by atoms with van der Waals surface area (Å²) >= 11 is 0. The van der Waals surface area contributed by atoms with Gasteiger partial charge in [0.05, 0.1) is 19.1 Å². The van der Waals surface area contributed by atoms with Gasteiger partial charge in [0.15, 0.2) is 0 Å². The number of nitrogens with one attached hydrogen (secondary N) is 1. The highest BCUT2D eigenvalue weighted by Gasteiger charge is 2.28. The summed E-state index contributed by atoms with van der Waals surface area (Å²) in [5.74, 6) is 1.07. The van der Waals surface area contributed by atoms with E-state index in [2.05, 4.69) is 43.4 Å². The van der Waals surface area contributed by atoms with Crippen LogP contribution in [0.25, 0.3) is 0 Å². The van der Waals surface area contributed by atoms with Crippen LogP contribution in [0, 0.1) is 24.2 Å². The quantitative estimate of drug-likeness (QED) is 0.900. The number of ether oxygens (including phenoxy) is 1. The van der Waals surface area contributed by atoms with Gasteiger partial charge < -0.3 is 10.1 Å². The molecule has 0 bridgehead atoms. The van der Waals surface area contributed by atoms with Crippen LogP contribution in [0.15, 0.2) is 18.2 Å². The first kappa shape index (κ1) is 13.9. The van der Waals surface area contributed by atoms with E-state index in [0.29, 0.717) is 6.04 Å². The Morgan fingerprint density at radius 2 is 2.21 bits per heavy atom. The SMILES string of the molecule is COc1cc(C)ccc1C(C)NC1CCCC1C#N. The lowest BCUT2D eigenvalue weighted by molar-refractivity contribution is 0.382. The number of aryl methyl sites for hydroxylation is 1. The second-order valence-corrected chi connectivity index (χ2v) is 5.41. The average Bonchev–Trinajstić information content (AvgIpc) is 2.85. The fourth-order valence-corrected chi connectivity index (χ4v) is 2.90. The number of hydrogen-bond donors (Lipinski definition) is 1. The molecule has 3 heteroatoms. The number of nitrogens with zero attached hydrogens (tertiary/aromatic N) is 1. The van der Waals surface area contributed by atoms with Crippen molar-refractivity contribution in [3.63, 3.8) is 0 Å². The van der Waals surface area contributed by atoms with Gasteiger partial charge >= 0.3 is 0 Å². The van der Waals surface area contributed by atoms with E-state index in [-0.39, 0.29) is 12.0 Å². The fraction of sp³-hybridized carbons (Fsp3) is 0.562. The molecule has 1 saturated carbocycles. The summed E-state index contributed by atoms with van der Waals surface area (Å²) in [5, 5.41) is 12.7. The third kappa shape index (κ3) is 3.08. The van der Waals surface area contributed by atoms with Gasteiger partial charge in [-0.25, -0.2) is 0 Å². The van der Waals surface area contributed by atoms with Gasteiger partial charge in [-0.2, -0.15) is 5.26 Å². The molecule has 3 unspecified atom stereocenters. The summed E-state index contributed by atoms with van der Waals surface area (Å²) in [5.41, 5.74) is 2.36. The topological polar surface area (TPSA) is 45.0 Å². The van der Waals surface area contributed by atoms with Crippen LogP contribution in [0.5, 0.6) is 5.75 Å². The molecule has 102 valence electrons. The maximum absolute atomic E-state index is 9.14. The van der Waals surface area contributed by atoms with Crippen molar-refractivity contribution in [3.8, 4) is 11.8 Å². The molecule has 0 aromatic heterocycles. The highest BCUT2D eigenvalue weighted by Crippen LogP contribution is 2.30. The van der Waals surface area contributed by atoms with Gasteiger partial charge in [0.25, 0.3) is 0 Å². The molecular weight excluding hydrogens is 236 g/mol. The molecule has 1 aromatic rings. The molecule has 3 nitrogen and oxygen atoms in total. The predicted molar refractivity (Wildman–Crippen MR) is 76.0 cm³/mol.